The second kappa shape index (κ2) is 8.40. The second-order valence-electron chi connectivity index (χ2n) is 6.08. The zero-order valence-corrected chi connectivity index (χ0v) is 16.2. The van der Waals surface area contributed by atoms with Gasteiger partial charge in [0.25, 0.3) is 0 Å². The Morgan fingerprint density at radius 2 is 1.91 bits per heavy atom. The molecule has 1 heterocycles. The highest BCUT2D eigenvalue weighted by atomic mass is 28.4. The summed E-state index contributed by atoms with van der Waals surface area (Å²) in [6.45, 7) is 7.18. The Kier molecular flexibility index (Phi) is 7.43. The fourth-order valence-electron chi connectivity index (χ4n) is 2.48. The highest BCUT2D eigenvalue weighted by molar-refractivity contribution is 6.61. The van der Waals surface area contributed by atoms with E-state index in [-0.39, 0.29) is 24.6 Å². The summed E-state index contributed by atoms with van der Waals surface area (Å²) in [5.41, 5.74) is -0.339. The molecule has 0 bridgehead atoms. The van der Waals surface area contributed by atoms with E-state index < -0.39 is 14.9 Å². The number of hydrogen-bond donors (Lipinski definition) is 1. The third-order valence-electron chi connectivity index (χ3n) is 4.49. The maximum atomic E-state index is 11.8. The van der Waals surface area contributed by atoms with Gasteiger partial charge in [-0.15, -0.1) is 0 Å². The van der Waals surface area contributed by atoms with Crippen molar-refractivity contribution in [3.8, 4) is 0 Å². The summed E-state index contributed by atoms with van der Waals surface area (Å²) in [7, 11) is 3.63. The number of ether oxygens (including phenoxy) is 2. The number of nitrogens with one attached hydrogen (secondary N) is 1. The van der Waals surface area contributed by atoms with Crippen molar-refractivity contribution in [2.45, 2.75) is 32.6 Å². The van der Waals surface area contributed by atoms with Gasteiger partial charge in [0, 0.05) is 27.9 Å². The summed E-state index contributed by atoms with van der Waals surface area (Å²) in [5, 5.41) is 2.61. The molecule has 0 aromatic rings. The Morgan fingerprint density at radius 1 is 1.35 bits per heavy atom. The Bertz CT molecular complexity index is 385. The van der Waals surface area contributed by atoms with E-state index >= 15 is 0 Å². The molecular weight excluding hydrogens is 320 g/mol. The van der Waals surface area contributed by atoms with E-state index in [4.69, 9.17) is 22.8 Å². The van der Waals surface area contributed by atoms with Gasteiger partial charge in [0.05, 0.1) is 6.17 Å². The van der Waals surface area contributed by atoms with Crippen molar-refractivity contribution in [1.29, 1.82) is 0 Å². The third-order valence-corrected chi connectivity index (χ3v) is 6.97. The molecule has 0 aromatic heterocycles. The standard InChI is InChI=1S/C14H30N2O6Si/c1-11(2)14(3)16(4)8-12(22-14)9-21-13(17)15-10-23(18-5,19-6)20-7/h11-12H,8-10H2,1-7H3,(H,15,17). The second-order valence-corrected chi connectivity index (χ2v) is 9.02. The third kappa shape index (κ3) is 4.88. The van der Waals surface area contributed by atoms with E-state index in [1.54, 1.807) is 0 Å². The Labute approximate surface area is 139 Å². The maximum absolute atomic E-state index is 11.8. The fourth-order valence-corrected chi connectivity index (χ4v) is 3.78. The van der Waals surface area contributed by atoms with Gasteiger partial charge in [0.2, 0.25) is 0 Å². The molecule has 23 heavy (non-hydrogen) atoms. The van der Waals surface area contributed by atoms with Crippen LogP contribution < -0.4 is 5.32 Å². The first-order chi connectivity index (χ1) is 10.7. The SMILES string of the molecule is CO[Si](CNC(=O)OCC1CN(C)C(C)(C(C)C)O1)(OC)OC. The number of amides is 1. The van der Waals surface area contributed by atoms with E-state index in [1.807, 2.05) is 14.0 Å². The molecule has 0 saturated carbocycles. The predicted octanol–water partition coefficient (Wildman–Crippen LogP) is 0.833. The van der Waals surface area contributed by atoms with Crippen LogP contribution in [0.2, 0.25) is 0 Å². The number of likely N-dealkylation sites (N-methyl/N-ethyl adjacent to an activating group) is 1. The lowest BCUT2D eigenvalue weighted by Crippen LogP contribution is -2.53. The highest BCUT2D eigenvalue weighted by Crippen LogP contribution is 2.32. The summed E-state index contributed by atoms with van der Waals surface area (Å²) in [4.78, 5) is 14.0. The number of rotatable bonds is 8. The number of carbonyl (C=O) groups excluding carboxylic acids is 1. The van der Waals surface area contributed by atoms with E-state index in [2.05, 4.69) is 24.1 Å². The van der Waals surface area contributed by atoms with Gasteiger partial charge in [-0.3, -0.25) is 4.90 Å². The first-order valence-electron chi connectivity index (χ1n) is 7.68. The van der Waals surface area contributed by atoms with Crippen molar-refractivity contribution in [3.05, 3.63) is 0 Å². The van der Waals surface area contributed by atoms with E-state index in [0.717, 1.165) is 6.54 Å². The summed E-state index contributed by atoms with van der Waals surface area (Å²) in [6.07, 6.45) is -0.547. The van der Waals surface area contributed by atoms with E-state index in [1.165, 1.54) is 21.3 Å². The van der Waals surface area contributed by atoms with Gasteiger partial charge < -0.3 is 28.1 Å². The molecule has 1 fully saturated rings. The first kappa shape index (κ1) is 20.3. The number of carbonyl (C=O) groups is 1. The summed E-state index contributed by atoms with van der Waals surface area (Å²) < 4.78 is 26.9. The molecule has 1 N–H and O–H groups in total. The molecule has 8 nitrogen and oxygen atoms in total. The molecule has 1 aliphatic heterocycles. The van der Waals surface area contributed by atoms with Gasteiger partial charge in [-0.05, 0) is 19.9 Å². The van der Waals surface area contributed by atoms with Gasteiger partial charge in [-0.1, -0.05) is 13.8 Å². The predicted molar refractivity (Wildman–Crippen MR) is 86.9 cm³/mol. The van der Waals surface area contributed by atoms with Crippen LogP contribution >= 0.6 is 0 Å². The molecule has 2 unspecified atom stereocenters. The molecule has 1 aliphatic rings. The number of nitrogens with zero attached hydrogens (tertiary/aromatic N) is 1. The molecule has 136 valence electrons. The van der Waals surface area contributed by atoms with Gasteiger partial charge in [-0.2, -0.15) is 0 Å². The lowest BCUT2D eigenvalue weighted by atomic mass is 10.0. The minimum absolute atomic E-state index is 0.143. The van der Waals surface area contributed by atoms with Crippen LogP contribution in [0, 0.1) is 5.92 Å². The quantitative estimate of drug-likeness (QED) is 0.650. The monoisotopic (exact) mass is 350 g/mol. The van der Waals surface area contributed by atoms with Crippen molar-refractivity contribution < 1.29 is 27.5 Å². The topological polar surface area (TPSA) is 78.5 Å². The molecule has 1 amide bonds. The zero-order valence-electron chi connectivity index (χ0n) is 15.2. The van der Waals surface area contributed by atoms with Crippen LogP contribution in [0.1, 0.15) is 20.8 Å². The normalized spacial score (nSPS) is 25.8. The van der Waals surface area contributed by atoms with Crippen LogP contribution in [0.3, 0.4) is 0 Å². The van der Waals surface area contributed by atoms with Crippen LogP contribution in [0.25, 0.3) is 0 Å². The van der Waals surface area contributed by atoms with Crippen LogP contribution in [0.5, 0.6) is 0 Å². The van der Waals surface area contributed by atoms with Gasteiger partial charge in [-0.25, -0.2) is 4.79 Å². The minimum atomic E-state index is -2.84. The van der Waals surface area contributed by atoms with Crippen LogP contribution in [0.4, 0.5) is 4.79 Å². The molecule has 0 aromatic carbocycles. The molecular formula is C14H30N2O6Si. The molecule has 2 atom stereocenters. The number of hydrogen-bond acceptors (Lipinski definition) is 7. The van der Waals surface area contributed by atoms with Gasteiger partial charge in [0.1, 0.15) is 18.4 Å². The van der Waals surface area contributed by atoms with Crippen molar-refractivity contribution in [2.24, 2.45) is 5.92 Å². The van der Waals surface area contributed by atoms with E-state index in [0.29, 0.717) is 5.92 Å². The van der Waals surface area contributed by atoms with Crippen molar-refractivity contribution in [3.63, 3.8) is 0 Å². The molecule has 1 saturated heterocycles. The van der Waals surface area contributed by atoms with Crippen molar-refractivity contribution in [2.75, 3.05) is 47.7 Å². The zero-order chi connectivity index (χ0) is 17.7. The first-order valence-corrected chi connectivity index (χ1v) is 9.61. The van der Waals surface area contributed by atoms with Crippen LogP contribution in [0.15, 0.2) is 0 Å². The minimum Gasteiger partial charge on any atom is -0.447 e. The summed E-state index contributed by atoms with van der Waals surface area (Å²) >= 11 is 0. The maximum Gasteiger partial charge on any atom is 0.520 e. The Hall–Kier alpha value is -0.713. The summed E-state index contributed by atoms with van der Waals surface area (Å²) in [5.74, 6) is 0.336. The van der Waals surface area contributed by atoms with Crippen molar-refractivity contribution >= 4 is 14.9 Å². The largest absolute Gasteiger partial charge is 0.520 e. The molecule has 0 radical (unpaired) electrons. The average Bonchev–Trinajstić information content (AvgIpc) is 2.83. The lowest BCUT2D eigenvalue weighted by Gasteiger charge is -2.34. The van der Waals surface area contributed by atoms with Gasteiger partial charge >= 0.3 is 14.9 Å². The smallest absolute Gasteiger partial charge is 0.447 e. The molecule has 0 aliphatic carbocycles. The average molecular weight is 350 g/mol. The number of alkyl carbamates (subject to hydrolysis) is 1. The molecule has 1 rings (SSSR count). The van der Waals surface area contributed by atoms with Crippen molar-refractivity contribution in [1.82, 2.24) is 10.2 Å². The van der Waals surface area contributed by atoms with Gasteiger partial charge in [0.15, 0.2) is 0 Å². The lowest BCUT2D eigenvalue weighted by molar-refractivity contribution is -0.122. The Morgan fingerprint density at radius 3 is 2.35 bits per heavy atom. The molecule has 0 spiro atoms. The van der Waals surface area contributed by atoms with Crippen LogP contribution in [-0.4, -0.2) is 79.3 Å². The van der Waals surface area contributed by atoms with Crippen LogP contribution in [-0.2, 0) is 22.8 Å². The highest BCUT2D eigenvalue weighted by Gasteiger charge is 2.43. The molecule has 9 heteroatoms. The van der Waals surface area contributed by atoms with E-state index in [9.17, 15) is 4.79 Å². The Balaban J connectivity index is 2.40. The fraction of sp³-hybridized carbons (Fsp3) is 0.929. The summed E-state index contributed by atoms with van der Waals surface area (Å²) in [6, 6.07) is 0.